The van der Waals surface area contributed by atoms with Crippen molar-refractivity contribution in [1.82, 2.24) is 10.2 Å². The number of aryl methyl sites for hydroxylation is 1. The van der Waals surface area contributed by atoms with Gasteiger partial charge in [-0.05, 0) is 51.3 Å². The summed E-state index contributed by atoms with van der Waals surface area (Å²) in [5, 5.41) is 3.51. The number of hydrogen-bond acceptors (Lipinski definition) is 2. The van der Waals surface area contributed by atoms with Crippen molar-refractivity contribution in [2.75, 3.05) is 26.2 Å². The van der Waals surface area contributed by atoms with Gasteiger partial charge in [-0.1, -0.05) is 31.5 Å². The van der Waals surface area contributed by atoms with Crippen LogP contribution >= 0.6 is 0 Å². The van der Waals surface area contributed by atoms with Crippen LogP contribution in [0.25, 0.3) is 0 Å². The Labute approximate surface area is 135 Å². The second-order valence-electron chi connectivity index (χ2n) is 6.48. The SMILES string of the molecule is CC.Cc1ccc(C(=O)N2CCCC3(CCCNC3)C2)cc1. The summed E-state index contributed by atoms with van der Waals surface area (Å²) in [6.07, 6.45) is 4.90. The zero-order valence-corrected chi connectivity index (χ0v) is 14.3. The molecule has 22 heavy (non-hydrogen) atoms. The summed E-state index contributed by atoms with van der Waals surface area (Å²) in [6.45, 7) is 10.1. The molecule has 2 aliphatic rings. The lowest BCUT2D eigenvalue weighted by Gasteiger charge is -2.45. The Kier molecular flexibility index (Phi) is 6.01. The molecule has 1 N–H and O–H groups in total. The normalized spacial score (nSPS) is 24.6. The summed E-state index contributed by atoms with van der Waals surface area (Å²) >= 11 is 0. The largest absolute Gasteiger partial charge is 0.338 e. The van der Waals surface area contributed by atoms with E-state index in [-0.39, 0.29) is 5.91 Å². The summed E-state index contributed by atoms with van der Waals surface area (Å²) in [4.78, 5) is 14.7. The zero-order chi connectivity index (χ0) is 16.0. The molecule has 2 heterocycles. The van der Waals surface area contributed by atoms with Crippen molar-refractivity contribution in [2.45, 2.75) is 46.5 Å². The fourth-order valence-corrected chi connectivity index (χ4v) is 3.64. The summed E-state index contributed by atoms with van der Waals surface area (Å²) in [5.41, 5.74) is 2.36. The lowest BCUT2D eigenvalue weighted by atomic mass is 9.74. The lowest BCUT2D eigenvalue weighted by Crippen LogP contribution is -2.52. The third kappa shape index (κ3) is 3.89. The van der Waals surface area contributed by atoms with Crippen molar-refractivity contribution < 1.29 is 4.79 Å². The zero-order valence-electron chi connectivity index (χ0n) is 14.3. The highest BCUT2D eigenvalue weighted by Crippen LogP contribution is 2.36. The lowest BCUT2D eigenvalue weighted by molar-refractivity contribution is 0.0434. The van der Waals surface area contributed by atoms with Crippen LogP contribution in [0.1, 0.15) is 55.5 Å². The van der Waals surface area contributed by atoms with Gasteiger partial charge in [0.1, 0.15) is 0 Å². The second-order valence-corrected chi connectivity index (χ2v) is 6.48. The summed E-state index contributed by atoms with van der Waals surface area (Å²) in [6, 6.07) is 7.96. The average molecular weight is 302 g/mol. The van der Waals surface area contributed by atoms with Gasteiger partial charge in [-0.15, -0.1) is 0 Å². The summed E-state index contributed by atoms with van der Waals surface area (Å²) < 4.78 is 0. The molecule has 2 fully saturated rings. The van der Waals surface area contributed by atoms with E-state index >= 15 is 0 Å². The van der Waals surface area contributed by atoms with E-state index in [1.807, 2.05) is 38.1 Å². The Bertz CT molecular complexity index is 469. The van der Waals surface area contributed by atoms with E-state index in [1.165, 1.54) is 24.8 Å². The van der Waals surface area contributed by atoms with Crippen LogP contribution in [0, 0.1) is 12.3 Å². The Morgan fingerprint density at radius 1 is 1.14 bits per heavy atom. The quantitative estimate of drug-likeness (QED) is 0.859. The monoisotopic (exact) mass is 302 g/mol. The van der Waals surface area contributed by atoms with Crippen molar-refractivity contribution in [2.24, 2.45) is 5.41 Å². The minimum absolute atomic E-state index is 0.203. The number of hydrogen-bond donors (Lipinski definition) is 1. The number of likely N-dealkylation sites (tertiary alicyclic amines) is 1. The first-order valence-corrected chi connectivity index (χ1v) is 8.75. The molecule has 0 aromatic heterocycles. The van der Waals surface area contributed by atoms with Gasteiger partial charge in [-0.3, -0.25) is 4.79 Å². The minimum Gasteiger partial charge on any atom is -0.338 e. The van der Waals surface area contributed by atoms with Crippen LogP contribution in [0.3, 0.4) is 0 Å². The molecule has 1 aromatic rings. The van der Waals surface area contributed by atoms with Gasteiger partial charge in [-0.25, -0.2) is 0 Å². The maximum absolute atomic E-state index is 12.6. The van der Waals surface area contributed by atoms with Gasteiger partial charge in [-0.2, -0.15) is 0 Å². The Morgan fingerprint density at radius 3 is 2.45 bits per heavy atom. The highest BCUT2D eigenvalue weighted by atomic mass is 16.2. The van der Waals surface area contributed by atoms with Crippen LogP contribution < -0.4 is 5.32 Å². The molecule has 3 heteroatoms. The minimum atomic E-state index is 0.203. The molecule has 3 nitrogen and oxygen atoms in total. The van der Waals surface area contributed by atoms with E-state index in [0.29, 0.717) is 5.41 Å². The summed E-state index contributed by atoms with van der Waals surface area (Å²) in [7, 11) is 0. The molecule has 122 valence electrons. The van der Waals surface area contributed by atoms with Crippen LogP contribution in [0.15, 0.2) is 24.3 Å². The molecule has 0 bridgehead atoms. The number of rotatable bonds is 1. The van der Waals surface area contributed by atoms with E-state index in [2.05, 4.69) is 17.1 Å². The van der Waals surface area contributed by atoms with Crippen LogP contribution in [-0.2, 0) is 0 Å². The Morgan fingerprint density at radius 2 is 1.82 bits per heavy atom. The Balaban J connectivity index is 0.000000847. The first-order valence-electron chi connectivity index (χ1n) is 8.75. The van der Waals surface area contributed by atoms with E-state index < -0.39 is 0 Å². The molecule has 1 spiro atoms. The van der Waals surface area contributed by atoms with E-state index in [0.717, 1.165) is 38.2 Å². The van der Waals surface area contributed by atoms with E-state index in [4.69, 9.17) is 0 Å². The molecule has 0 radical (unpaired) electrons. The van der Waals surface area contributed by atoms with Crippen molar-refractivity contribution in [1.29, 1.82) is 0 Å². The highest BCUT2D eigenvalue weighted by molar-refractivity contribution is 5.94. The van der Waals surface area contributed by atoms with Crippen molar-refractivity contribution in [3.05, 3.63) is 35.4 Å². The highest BCUT2D eigenvalue weighted by Gasteiger charge is 2.38. The molecular weight excluding hydrogens is 272 g/mol. The summed E-state index contributed by atoms with van der Waals surface area (Å²) in [5.74, 6) is 0.203. The molecule has 1 aromatic carbocycles. The molecule has 2 saturated heterocycles. The molecule has 2 aliphatic heterocycles. The number of amides is 1. The number of carbonyl (C=O) groups is 1. The van der Waals surface area contributed by atoms with Crippen LogP contribution in [0.5, 0.6) is 0 Å². The molecule has 0 saturated carbocycles. The second kappa shape index (κ2) is 7.77. The fourth-order valence-electron chi connectivity index (χ4n) is 3.64. The molecule has 1 atom stereocenters. The topological polar surface area (TPSA) is 32.3 Å². The standard InChI is InChI=1S/C17H24N2O.C2H6/c1-14-4-6-15(7-5-14)16(20)19-11-3-9-17(13-19)8-2-10-18-12-17;1-2/h4-7,18H,2-3,8-13H2,1H3;1-2H3. The van der Waals surface area contributed by atoms with Gasteiger partial charge >= 0.3 is 0 Å². The predicted octanol–water partition coefficient (Wildman–Crippen LogP) is 3.63. The maximum atomic E-state index is 12.6. The molecule has 1 unspecified atom stereocenters. The van der Waals surface area contributed by atoms with Crippen molar-refractivity contribution >= 4 is 5.91 Å². The van der Waals surface area contributed by atoms with Crippen molar-refractivity contribution in [3.63, 3.8) is 0 Å². The molecule has 3 rings (SSSR count). The number of piperidine rings is 2. The average Bonchev–Trinajstić information content (AvgIpc) is 2.57. The third-order valence-corrected chi connectivity index (χ3v) is 4.81. The van der Waals surface area contributed by atoms with Gasteiger partial charge in [0.05, 0.1) is 0 Å². The van der Waals surface area contributed by atoms with Gasteiger partial charge in [0.2, 0.25) is 0 Å². The van der Waals surface area contributed by atoms with Gasteiger partial charge in [0.15, 0.2) is 0 Å². The molecule has 1 amide bonds. The van der Waals surface area contributed by atoms with Crippen LogP contribution in [0.2, 0.25) is 0 Å². The molecular formula is C19H30N2O. The van der Waals surface area contributed by atoms with Gasteiger partial charge in [0, 0.05) is 30.6 Å². The smallest absolute Gasteiger partial charge is 0.253 e. The fraction of sp³-hybridized carbons (Fsp3) is 0.632. The van der Waals surface area contributed by atoms with Crippen LogP contribution in [-0.4, -0.2) is 37.0 Å². The number of nitrogens with one attached hydrogen (secondary N) is 1. The maximum Gasteiger partial charge on any atom is 0.253 e. The predicted molar refractivity (Wildman–Crippen MR) is 92.2 cm³/mol. The van der Waals surface area contributed by atoms with E-state index in [9.17, 15) is 4.79 Å². The molecule has 0 aliphatic carbocycles. The van der Waals surface area contributed by atoms with Gasteiger partial charge < -0.3 is 10.2 Å². The van der Waals surface area contributed by atoms with Gasteiger partial charge in [0.25, 0.3) is 5.91 Å². The number of benzene rings is 1. The van der Waals surface area contributed by atoms with E-state index in [1.54, 1.807) is 0 Å². The van der Waals surface area contributed by atoms with Crippen molar-refractivity contribution in [3.8, 4) is 0 Å². The first-order chi connectivity index (χ1) is 10.7. The number of carbonyl (C=O) groups excluding carboxylic acids is 1. The first kappa shape index (κ1) is 17.0. The third-order valence-electron chi connectivity index (χ3n) is 4.81. The van der Waals surface area contributed by atoms with Crippen LogP contribution in [0.4, 0.5) is 0 Å². The Hall–Kier alpha value is -1.35. The number of nitrogens with zero attached hydrogens (tertiary/aromatic N) is 1.